The molecule has 0 spiro atoms. The zero-order valence-corrected chi connectivity index (χ0v) is 19.0. The first-order valence-corrected chi connectivity index (χ1v) is 12.4. The largest absolute Gasteiger partial charge is 0.573 e. The molecule has 2 saturated carbocycles. The zero-order valence-electron chi connectivity index (χ0n) is 19.0. The van der Waals surface area contributed by atoms with E-state index in [9.17, 15) is 13.2 Å². The predicted octanol–water partition coefficient (Wildman–Crippen LogP) is 8.55. The Bertz CT molecular complexity index is 613. The van der Waals surface area contributed by atoms with Gasteiger partial charge in [-0.3, -0.25) is 0 Å². The van der Waals surface area contributed by atoms with Gasteiger partial charge >= 0.3 is 6.36 Å². The molecule has 31 heavy (non-hydrogen) atoms. The Balaban J connectivity index is 1.30. The lowest BCUT2D eigenvalue weighted by Crippen LogP contribution is -2.27. The van der Waals surface area contributed by atoms with E-state index in [4.69, 9.17) is 4.74 Å². The van der Waals surface area contributed by atoms with Gasteiger partial charge < -0.3 is 9.47 Å². The summed E-state index contributed by atoms with van der Waals surface area (Å²) in [5, 5.41) is 0. The van der Waals surface area contributed by atoms with Crippen LogP contribution < -0.4 is 9.47 Å². The van der Waals surface area contributed by atoms with Gasteiger partial charge in [-0.1, -0.05) is 51.9 Å². The van der Waals surface area contributed by atoms with E-state index < -0.39 is 6.36 Å². The van der Waals surface area contributed by atoms with E-state index in [2.05, 4.69) is 11.7 Å². The predicted molar refractivity (Wildman–Crippen MR) is 118 cm³/mol. The summed E-state index contributed by atoms with van der Waals surface area (Å²) in [6, 6.07) is 5.71. The first-order valence-electron chi connectivity index (χ1n) is 12.4. The second-order valence-electron chi connectivity index (χ2n) is 9.74. The Morgan fingerprint density at radius 2 is 1.29 bits per heavy atom. The normalized spacial score (nSPS) is 27.1. The molecule has 0 radical (unpaired) electrons. The summed E-state index contributed by atoms with van der Waals surface area (Å²) in [6.07, 6.45) is 13.1. The topological polar surface area (TPSA) is 18.5 Å². The van der Waals surface area contributed by atoms with Crippen molar-refractivity contribution < 1.29 is 22.6 Å². The summed E-state index contributed by atoms with van der Waals surface area (Å²) in [7, 11) is 0. The molecule has 0 unspecified atom stereocenters. The molecule has 0 amide bonds. The van der Waals surface area contributed by atoms with Gasteiger partial charge in [-0.05, 0) is 86.5 Å². The van der Waals surface area contributed by atoms with E-state index >= 15 is 0 Å². The van der Waals surface area contributed by atoms with Gasteiger partial charge in [0.05, 0.1) is 6.61 Å². The van der Waals surface area contributed by atoms with Crippen LogP contribution in [0, 0.1) is 23.7 Å². The molecule has 0 saturated heterocycles. The number of ether oxygens (including phenoxy) is 2. The third-order valence-corrected chi connectivity index (χ3v) is 7.46. The van der Waals surface area contributed by atoms with Gasteiger partial charge in [0.1, 0.15) is 11.5 Å². The molecule has 0 heterocycles. The average Bonchev–Trinajstić information content (AvgIpc) is 2.76. The van der Waals surface area contributed by atoms with Crippen molar-refractivity contribution in [1.29, 1.82) is 0 Å². The highest BCUT2D eigenvalue weighted by Crippen LogP contribution is 2.42. The van der Waals surface area contributed by atoms with Crippen LogP contribution in [0.2, 0.25) is 0 Å². The van der Waals surface area contributed by atoms with Crippen molar-refractivity contribution >= 4 is 0 Å². The van der Waals surface area contributed by atoms with Crippen LogP contribution in [0.15, 0.2) is 24.3 Å². The fraction of sp³-hybridized carbons (Fsp3) is 0.769. The number of rotatable bonds is 10. The summed E-state index contributed by atoms with van der Waals surface area (Å²) in [6.45, 7) is 2.93. The maximum atomic E-state index is 12.2. The molecular formula is C26H39F3O2. The zero-order chi connectivity index (χ0) is 22.1. The third-order valence-electron chi connectivity index (χ3n) is 7.46. The summed E-state index contributed by atoms with van der Waals surface area (Å²) in [5.41, 5.74) is 0. The number of unbranched alkanes of at least 4 members (excludes halogenated alkanes) is 3. The van der Waals surface area contributed by atoms with E-state index in [1.165, 1.54) is 95.6 Å². The van der Waals surface area contributed by atoms with Crippen molar-refractivity contribution in [2.24, 2.45) is 23.7 Å². The van der Waals surface area contributed by atoms with Gasteiger partial charge in [-0.15, -0.1) is 13.2 Å². The van der Waals surface area contributed by atoms with Crippen LogP contribution >= 0.6 is 0 Å². The molecule has 1 aromatic carbocycles. The van der Waals surface area contributed by atoms with E-state index in [1.54, 1.807) is 12.1 Å². The standard InChI is InChI=1S/C26H39F3O2/c1-2-3-4-5-6-20-7-11-22(12-8-20)23-13-9-21(10-14-23)19-30-24-15-17-25(18-16-24)31-26(27,28)29/h15-18,20-23H,2-14,19H2,1H3. The lowest BCUT2D eigenvalue weighted by atomic mass is 9.69. The maximum absolute atomic E-state index is 12.2. The second kappa shape index (κ2) is 12.0. The molecule has 176 valence electrons. The highest BCUT2D eigenvalue weighted by atomic mass is 19.4. The fourth-order valence-corrected chi connectivity index (χ4v) is 5.59. The highest BCUT2D eigenvalue weighted by molar-refractivity contribution is 5.31. The van der Waals surface area contributed by atoms with Gasteiger partial charge in [0.2, 0.25) is 0 Å². The number of alkyl halides is 3. The van der Waals surface area contributed by atoms with E-state index in [0.29, 0.717) is 18.3 Å². The van der Waals surface area contributed by atoms with Crippen molar-refractivity contribution in [3.05, 3.63) is 24.3 Å². The van der Waals surface area contributed by atoms with Crippen LogP contribution in [0.3, 0.4) is 0 Å². The quantitative estimate of drug-likeness (QED) is 0.339. The molecule has 2 nitrogen and oxygen atoms in total. The molecule has 2 aliphatic rings. The smallest absolute Gasteiger partial charge is 0.493 e. The molecule has 5 heteroatoms. The van der Waals surface area contributed by atoms with Crippen LogP contribution in [0.1, 0.15) is 90.4 Å². The number of hydrogen-bond donors (Lipinski definition) is 0. The minimum Gasteiger partial charge on any atom is -0.493 e. The van der Waals surface area contributed by atoms with Crippen LogP contribution in [0.25, 0.3) is 0 Å². The molecular weight excluding hydrogens is 401 g/mol. The van der Waals surface area contributed by atoms with E-state index in [1.807, 2.05) is 0 Å². The van der Waals surface area contributed by atoms with Crippen LogP contribution in [0.5, 0.6) is 11.5 Å². The first-order chi connectivity index (χ1) is 14.9. The minimum absolute atomic E-state index is 0.212. The van der Waals surface area contributed by atoms with Crippen molar-refractivity contribution in [1.82, 2.24) is 0 Å². The minimum atomic E-state index is -4.66. The molecule has 0 aromatic heterocycles. The molecule has 0 N–H and O–H groups in total. The van der Waals surface area contributed by atoms with Crippen molar-refractivity contribution in [3.63, 3.8) is 0 Å². The molecule has 3 rings (SSSR count). The lowest BCUT2D eigenvalue weighted by Gasteiger charge is -2.38. The van der Waals surface area contributed by atoms with Crippen molar-refractivity contribution in [2.45, 2.75) is 96.8 Å². The van der Waals surface area contributed by atoms with Gasteiger partial charge in [0, 0.05) is 0 Å². The fourth-order valence-electron chi connectivity index (χ4n) is 5.59. The maximum Gasteiger partial charge on any atom is 0.573 e. The monoisotopic (exact) mass is 440 g/mol. The van der Waals surface area contributed by atoms with E-state index in [-0.39, 0.29) is 5.75 Å². The Morgan fingerprint density at radius 1 is 0.742 bits per heavy atom. The van der Waals surface area contributed by atoms with Gasteiger partial charge in [0.15, 0.2) is 0 Å². The molecule has 0 atom stereocenters. The van der Waals surface area contributed by atoms with Gasteiger partial charge in [0.25, 0.3) is 0 Å². The molecule has 1 aromatic rings. The Labute approximate surface area is 185 Å². The summed E-state index contributed by atoms with van der Waals surface area (Å²) in [4.78, 5) is 0. The Hall–Kier alpha value is -1.39. The molecule has 2 fully saturated rings. The lowest BCUT2D eigenvalue weighted by molar-refractivity contribution is -0.274. The highest BCUT2D eigenvalue weighted by Gasteiger charge is 2.32. The van der Waals surface area contributed by atoms with Crippen LogP contribution in [-0.4, -0.2) is 13.0 Å². The van der Waals surface area contributed by atoms with Crippen molar-refractivity contribution in [3.8, 4) is 11.5 Å². The molecule has 0 bridgehead atoms. The van der Waals surface area contributed by atoms with Gasteiger partial charge in [-0.25, -0.2) is 0 Å². The Kier molecular flexibility index (Phi) is 9.40. The van der Waals surface area contributed by atoms with Crippen LogP contribution in [0.4, 0.5) is 13.2 Å². The molecule has 2 aliphatic carbocycles. The summed E-state index contributed by atoms with van der Waals surface area (Å²) >= 11 is 0. The average molecular weight is 441 g/mol. The molecule has 0 aliphatic heterocycles. The number of hydrogen-bond acceptors (Lipinski definition) is 2. The van der Waals surface area contributed by atoms with Crippen molar-refractivity contribution in [2.75, 3.05) is 6.61 Å². The SMILES string of the molecule is CCCCCCC1CCC(C2CCC(COc3ccc(OC(F)(F)F)cc3)CC2)CC1. The van der Waals surface area contributed by atoms with Gasteiger partial charge in [-0.2, -0.15) is 0 Å². The summed E-state index contributed by atoms with van der Waals surface area (Å²) in [5.74, 6) is 3.74. The third kappa shape index (κ3) is 8.57. The summed E-state index contributed by atoms with van der Waals surface area (Å²) < 4.78 is 46.5. The van der Waals surface area contributed by atoms with Crippen LogP contribution in [-0.2, 0) is 0 Å². The number of halogens is 3. The number of benzene rings is 1. The second-order valence-corrected chi connectivity index (χ2v) is 9.74. The Morgan fingerprint density at radius 3 is 1.84 bits per heavy atom. The van der Waals surface area contributed by atoms with E-state index in [0.717, 1.165) is 17.8 Å². The first kappa shape index (κ1) is 24.3.